The molecule has 0 radical (unpaired) electrons. The number of aliphatic carboxylic acids is 1. The van der Waals surface area contributed by atoms with Gasteiger partial charge in [0, 0.05) is 5.41 Å². The molecule has 4 atom stereocenters. The number of thioether (sulfide) groups is 1. The molecule has 0 aromatic rings. The number of carbonyl (C=O) groups excluding carboxylic acids is 2. The average molecular weight is 384 g/mol. The van der Waals surface area contributed by atoms with Gasteiger partial charge in [-0.2, -0.15) is 11.8 Å². The van der Waals surface area contributed by atoms with E-state index < -0.39 is 47.1 Å². The van der Waals surface area contributed by atoms with E-state index in [-0.39, 0.29) is 0 Å². The molecule has 0 bridgehead atoms. The Labute approximate surface area is 158 Å². The molecule has 26 heavy (non-hydrogen) atoms. The van der Waals surface area contributed by atoms with Gasteiger partial charge in [0.25, 0.3) is 0 Å². The Morgan fingerprint density at radius 1 is 1.31 bits per heavy atom. The number of carboxylic acid groups (broad SMARTS) is 1. The molecule has 0 aromatic carbocycles. The number of hydrogen-bond acceptors (Lipinski definition) is 6. The van der Waals surface area contributed by atoms with Crippen LogP contribution in [0, 0.1) is 5.41 Å². The Bertz CT molecular complexity index is 607. The van der Waals surface area contributed by atoms with Crippen LogP contribution in [0.3, 0.4) is 0 Å². The fourth-order valence-corrected chi connectivity index (χ4v) is 3.44. The Morgan fingerprint density at radius 3 is 2.46 bits per heavy atom. The molecular weight excluding hydrogens is 354 g/mol. The summed E-state index contributed by atoms with van der Waals surface area (Å²) in [6, 6.07) is -1.98. The summed E-state index contributed by atoms with van der Waals surface area (Å²) in [5.41, 5.74) is 9.67. The highest BCUT2D eigenvalue weighted by molar-refractivity contribution is 7.98. The lowest BCUT2D eigenvalue weighted by atomic mass is 9.64. The summed E-state index contributed by atoms with van der Waals surface area (Å²) >= 11 is 1.58. The van der Waals surface area contributed by atoms with Crippen LogP contribution < -0.4 is 16.8 Å². The molecule has 0 aliphatic heterocycles. The van der Waals surface area contributed by atoms with Crippen LogP contribution in [-0.2, 0) is 14.4 Å². The van der Waals surface area contributed by atoms with Crippen molar-refractivity contribution in [1.29, 1.82) is 0 Å². The van der Waals surface area contributed by atoms with E-state index >= 15 is 0 Å². The van der Waals surface area contributed by atoms with Gasteiger partial charge < -0.3 is 21.9 Å². The number of nitrogens with two attached hydrogens (primary N) is 2. The predicted molar refractivity (Wildman–Crippen MR) is 104 cm³/mol. The number of hydrogen-bond donors (Lipinski definition) is 4. The summed E-state index contributed by atoms with van der Waals surface area (Å²) in [7, 11) is 0. The van der Waals surface area contributed by atoms with E-state index in [1.807, 2.05) is 31.4 Å². The molecule has 1 aliphatic carbocycles. The first-order valence-electron chi connectivity index (χ1n) is 8.50. The van der Waals surface area contributed by atoms with Crippen molar-refractivity contribution >= 4 is 29.4 Å². The second kappa shape index (κ2) is 9.34. The van der Waals surface area contributed by atoms with Gasteiger partial charge in [0.05, 0.1) is 18.5 Å². The van der Waals surface area contributed by atoms with E-state index in [1.54, 1.807) is 24.8 Å². The molecule has 0 aromatic heterocycles. The maximum atomic E-state index is 13.1. The van der Waals surface area contributed by atoms with E-state index in [4.69, 9.17) is 16.6 Å². The molecule has 146 valence electrons. The van der Waals surface area contributed by atoms with Crippen molar-refractivity contribution in [2.45, 2.75) is 50.7 Å². The lowest BCUT2D eigenvalue weighted by Gasteiger charge is -2.46. The molecule has 0 spiro atoms. The smallest absolute Gasteiger partial charge is 0.305 e. The molecule has 0 saturated carbocycles. The zero-order chi connectivity index (χ0) is 20.0. The van der Waals surface area contributed by atoms with Crippen molar-refractivity contribution in [3.8, 4) is 0 Å². The third-order valence-corrected chi connectivity index (χ3v) is 5.61. The molecular formula is C18H29N3O4S. The summed E-state index contributed by atoms with van der Waals surface area (Å²) in [4.78, 5) is 36.7. The molecule has 6 N–H and O–H groups in total. The first-order valence-corrected chi connectivity index (χ1v) is 9.89. The summed E-state index contributed by atoms with van der Waals surface area (Å²) in [6.07, 6.45) is 9.80. The van der Waals surface area contributed by atoms with Crippen molar-refractivity contribution < 1.29 is 19.5 Å². The monoisotopic (exact) mass is 383 g/mol. The van der Waals surface area contributed by atoms with Crippen LogP contribution in [0.5, 0.6) is 0 Å². The van der Waals surface area contributed by atoms with Gasteiger partial charge in [-0.3, -0.25) is 14.4 Å². The van der Waals surface area contributed by atoms with Crippen molar-refractivity contribution in [2.24, 2.45) is 16.9 Å². The Kier molecular flexibility index (Phi) is 8.05. The summed E-state index contributed by atoms with van der Waals surface area (Å²) in [6.45, 7) is 3.44. The van der Waals surface area contributed by atoms with Crippen LogP contribution in [-0.4, -0.2) is 52.4 Å². The molecule has 1 rings (SSSR count). The third-order valence-electron chi connectivity index (χ3n) is 4.96. The molecule has 0 fully saturated rings. The number of rotatable bonds is 10. The van der Waals surface area contributed by atoms with Crippen molar-refractivity contribution in [2.75, 3.05) is 12.0 Å². The Morgan fingerprint density at radius 2 is 1.96 bits per heavy atom. The zero-order valence-corrected chi connectivity index (χ0v) is 16.3. The van der Waals surface area contributed by atoms with E-state index in [0.29, 0.717) is 12.8 Å². The largest absolute Gasteiger partial charge is 0.481 e. The van der Waals surface area contributed by atoms with Crippen LogP contribution >= 0.6 is 11.8 Å². The van der Waals surface area contributed by atoms with Crippen molar-refractivity contribution in [3.05, 3.63) is 24.3 Å². The second-order valence-corrected chi connectivity index (χ2v) is 7.97. The van der Waals surface area contributed by atoms with Gasteiger partial charge in [0.15, 0.2) is 5.78 Å². The van der Waals surface area contributed by atoms with E-state index in [1.165, 1.54) is 0 Å². The number of amides is 1. The van der Waals surface area contributed by atoms with Gasteiger partial charge in [-0.1, -0.05) is 31.2 Å². The van der Waals surface area contributed by atoms with Gasteiger partial charge in [0.1, 0.15) is 5.54 Å². The molecule has 1 amide bonds. The maximum Gasteiger partial charge on any atom is 0.305 e. The van der Waals surface area contributed by atoms with E-state index in [0.717, 1.165) is 5.75 Å². The maximum absolute atomic E-state index is 13.1. The normalized spacial score (nSPS) is 23.7. The summed E-state index contributed by atoms with van der Waals surface area (Å²) in [5.74, 6) is -1.41. The minimum absolute atomic E-state index is 0.443. The predicted octanol–water partition coefficient (Wildman–Crippen LogP) is 0.835. The van der Waals surface area contributed by atoms with Gasteiger partial charge in [0.2, 0.25) is 5.91 Å². The highest BCUT2D eigenvalue weighted by Gasteiger charge is 2.51. The third kappa shape index (κ3) is 5.18. The van der Waals surface area contributed by atoms with E-state index in [2.05, 4.69) is 5.32 Å². The number of carboxylic acids is 1. The number of ketones is 1. The average Bonchev–Trinajstić information content (AvgIpc) is 2.58. The fourth-order valence-electron chi connectivity index (χ4n) is 2.95. The molecule has 1 aliphatic rings. The first-order chi connectivity index (χ1) is 12.1. The van der Waals surface area contributed by atoms with Crippen LogP contribution in [0.25, 0.3) is 0 Å². The van der Waals surface area contributed by atoms with Gasteiger partial charge in [-0.15, -0.1) is 0 Å². The molecule has 0 saturated heterocycles. The van der Waals surface area contributed by atoms with Crippen LogP contribution in [0.4, 0.5) is 0 Å². The number of Topliss-reactive ketones (excluding diaryl/α,β-unsaturated/α-hetero) is 1. The molecule has 8 heteroatoms. The Balaban J connectivity index is 3.15. The van der Waals surface area contributed by atoms with Gasteiger partial charge in [-0.05, 0) is 31.8 Å². The van der Waals surface area contributed by atoms with Crippen molar-refractivity contribution in [1.82, 2.24) is 5.32 Å². The molecule has 0 heterocycles. The minimum Gasteiger partial charge on any atom is -0.481 e. The standard InChI is InChI=1S/C18H29N3O4S/c1-17(8-5-4-6-9-17)18(2,15(24)13(20)11-14(22)23)21-16(25)12(19)7-10-26-3/h4-6,8,12-13H,7,9-11,19-20H2,1-3H3,(H,21,25)(H,22,23)/t12-,13-,17?,18?/m0/s1. The highest BCUT2D eigenvalue weighted by Crippen LogP contribution is 2.40. The number of allylic oxidation sites excluding steroid dienone is 3. The van der Waals surface area contributed by atoms with Crippen LogP contribution in [0.1, 0.15) is 33.1 Å². The zero-order valence-electron chi connectivity index (χ0n) is 15.5. The molecule has 7 nitrogen and oxygen atoms in total. The minimum atomic E-state index is -1.38. The van der Waals surface area contributed by atoms with E-state index in [9.17, 15) is 14.4 Å². The number of carbonyl (C=O) groups is 3. The van der Waals surface area contributed by atoms with Crippen LogP contribution in [0.2, 0.25) is 0 Å². The fraction of sp³-hybridized carbons (Fsp3) is 0.611. The lowest BCUT2D eigenvalue weighted by molar-refractivity contribution is -0.142. The second-order valence-electron chi connectivity index (χ2n) is 6.98. The summed E-state index contributed by atoms with van der Waals surface area (Å²) < 4.78 is 0. The van der Waals surface area contributed by atoms with Gasteiger partial charge in [-0.25, -0.2) is 0 Å². The van der Waals surface area contributed by atoms with Gasteiger partial charge >= 0.3 is 5.97 Å². The first kappa shape index (κ1) is 22.4. The van der Waals surface area contributed by atoms with Crippen LogP contribution in [0.15, 0.2) is 24.3 Å². The van der Waals surface area contributed by atoms with Crippen molar-refractivity contribution in [3.63, 3.8) is 0 Å². The summed E-state index contributed by atoms with van der Waals surface area (Å²) in [5, 5.41) is 11.8. The molecule has 2 unspecified atom stereocenters. The topological polar surface area (TPSA) is 136 Å². The highest BCUT2D eigenvalue weighted by atomic mass is 32.2. The number of nitrogens with one attached hydrogen (secondary N) is 1. The lowest BCUT2D eigenvalue weighted by Crippen LogP contribution is -2.67. The SMILES string of the molecule is CSCC[C@H](N)C(=O)NC(C)(C(=O)[C@@H](N)CC(=O)O)C1(C)C=CC=CC1. The quantitative estimate of drug-likeness (QED) is 0.439. The Hall–Kier alpha value is -1.64.